The standard InChI is InChI=1S/C13H11FN2O3/c14-12-7-10(4-5-13(12)16(18)19)15-8-9-2-1-3-11(17)6-9/h1-7,15,17H,8H2. The largest absolute Gasteiger partial charge is 0.508 e. The molecule has 0 radical (unpaired) electrons. The number of hydrogen-bond acceptors (Lipinski definition) is 4. The van der Waals surface area contributed by atoms with E-state index in [1.165, 1.54) is 6.07 Å². The van der Waals surface area contributed by atoms with Gasteiger partial charge in [0, 0.05) is 24.4 Å². The number of phenolic OH excluding ortho intramolecular Hbond substituents is 1. The van der Waals surface area contributed by atoms with Crippen molar-refractivity contribution in [2.75, 3.05) is 5.32 Å². The Labute approximate surface area is 108 Å². The van der Waals surface area contributed by atoms with Crippen molar-refractivity contribution in [3.05, 3.63) is 64.0 Å². The second-order valence-electron chi connectivity index (χ2n) is 3.95. The van der Waals surface area contributed by atoms with Crippen molar-refractivity contribution < 1.29 is 14.4 Å². The number of aromatic hydroxyl groups is 1. The van der Waals surface area contributed by atoms with E-state index in [1.807, 2.05) is 0 Å². The molecule has 6 heteroatoms. The summed E-state index contributed by atoms with van der Waals surface area (Å²) in [4.78, 5) is 9.70. The van der Waals surface area contributed by atoms with Crippen molar-refractivity contribution >= 4 is 11.4 Å². The Morgan fingerprint density at radius 1 is 1.26 bits per heavy atom. The Bertz CT molecular complexity index is 617. The van der Waals surface area contributed by atoms with Gasteiger partial charge >= 0.3 is 5.69 Å². The highest BCUT2D eigenvalue weighted by Gasteiger charge is 2.13. The molecule has 5 nitrogen and oxygen atoms in total. The third-order valence-electron chi connectivity index (χ3n) is 2.55. The lowest BCUT2D eigenvalue weighted by Gasteiger charge is -2.07. The average molecular weight is 262 g/mol. The van der Waals surface area contributed by atoms with Gasteiger partial charge in [-0.1, -0.05) is 12.1 Å². The van der Waals surface area contributed by atoms with Crippen molar-refractivity contribution in [1.82, 2.24) is 0 Å². The number of benzene rings is 2. The lowest BCUT2D eigenvalue weighted by molar-refractivity contribution is -0.387. The maximum atomic E-state index is 13.4. The van der Waals surface area contributed by atoms with Gasteiger partial charge in [0.25, 0.3) is 0 Å². The van der Waals surface area contributed by atoms with Gasteiger partial charge in [0.2, 0.25) is 5.82 Å². The number of nitrogens with zero attached hydrogens (tertiary/aromatic N) is 1. The minimum Gasteiger partial charge on any atom is -0.508 e. The van der Waals surface area contributed by atoms with Gasteiger partial charge in [-0.05, 0) is 23.8 Å². The van der Waals surface area contributed by atoms with Crippen LogP contribution in [0.1, 0.15) is 5.56 Å². The highest BCUT2D eigenvalue weighted by atomic mass is 19.1. The van der Waals surface area contributed by atoms with Gasteiger partial charge in [0.05, 0.1) is 4.92 Å². The lowest BCUT2D eigenvalue weighted by atomic mass is 10.2. The first kappa shape index (κ1) is 12.8. The molecule has 0 aliphatic rings. The normalized spacial score (nSPS) is 10.2. The highest BCUT2D eigenvalue weighted by molar-refractivity contribution is 5.50. The van der Waals surface area contributed by atoms with E-state index >= 15 is 0 Å². The van der Waals surface area contributed by atoms with Crippen LogP contribution in [0, 0.1) is 15.9 Å². The van der Waals surface area contributed by atoms with Crippen LogP contribution in [0.3, 0.4) is 0 Å². The lowest BCUT2D eigenvalue weighted by Crippen LogP contribution is -2.00. The van der Waals surface area contributed by atoms with Crippen LogP contribution in [-0.2, 0) is 6.54 Å². The van der Waals surface area contributed by atoms with Gasteiger partial charge in [0.1, 0.15) is 5.75 Å². The Balaban J connectivity index is 2.08. The summed E-state index contributed by atoms with van der Waals surface area (Å²) in [5.74, 6) is -0.736. The van der Waals surface area contributed by atoms with Crippen LogP contribution in [0.5, 0.6) is 5.75 Å². The summed E-state index contributed by atoms with van der Waals surface area (Å²) in [5.41, 5.74) is 0.702. The molecule has 0 unspecified atom stereocenters. The zero-order chi connectivity index (χ0) is 13.8. The summed E-state index contributed by atoms with van der Waals surface area (Å²) in [6.45, 7) is 0.381. The van der Waals surface area contributed by atoms with E-state index in [0.717, 1.165) is 17.7 Å². The Morgan fingerprint density at radius 2 is 2.05 bits per heavy atom. The van der Waals surface area contributed by atoms with E-state index in [2.05, 4.69) is 5.32 Å². The van der Waals surface area contributed by atoms with Crippen molar-refractivity contribution in [1.29, 1.82) is 0 Å². The van der Waals surface area contributed by atoms with E-state index in [9.17, 15) is 19.6 Å². The topological polar surface area (TPSA) is 75.4 Å². The summed E-state index contributed by atoms with van der Waals surface area (Å²) in [5, 5.41) is 22.7. The molecule has 2 N–H and O–H groups in total. The van der Waals surface area contributed by atoms with E-state index in [1.54, 1.807) is 24.3 Å². The smallest absolute Gasteiger partial charge is 0.304 e. The Kier molecular flexibility index (Phi) is 3.61. The quantitative estimate of drug-likeness (QED) is 0.656. The number of phenols is 1. The van der Waals surface area contributed by atoms with Gasteiger partial charge in [-0.2, -0.15) is 4.39 Å². The average Bonchev–Trinajstić information content (AvgIpc) is 2.36. The third-order valence-corrected chi connectivity index (χ3v) is 2.55. The van der Waals surface area contributed by atoms with Crippen LogP contribution < -0.4 is 5.32 Å². The number of hydrogen-bond donors (Lipinski definition) is 2. The van der Waals surface area contributed by atoms with Crippen molar-refractivity contribution in [3.63, 3.8) is 0 Å². The molecule has 0 heterocycles. The van der Waals surface area contributed by atoms with Crippen molar-refractivity contribution in [3.8, 4) is 5.75 Å². The van der Waals surface area contributed by atoms with Crippen LogP contribution in [0.2, 0.25) is 0 Å². The summed E-state index contributed by atoms with van der Waals surface area (Å²) in [6, 6.07) is 10.2. The summed E-state index contributed by atoms with van der Waals surface area (Å²) >= 11 is 0. The molecule has 0 aromatic heterocycles. The molecule has 0 atom stereocenters. The van der Waals surface area contributed by atoms with Gasteiger partial charge < -0.3 is 10.4 Å². The Morgan fingerprint density at radius 3 is 2.68 bits per heavy atom. The molecule has 0 amide bonds. The fourth-order valence-electron chi connectivity index (χ4n) is 1.64. The first-order chi connectivity index (χ1) is 9.06. The van der Waals surface area contributed by atoms with Gasteiger partial charge in [-0.3, -0.25) is 10.1 Å². The van der Waals surface area contributed by atoms with Crippen LogP contribution in [0.25, 0.3) is 0 Å². The molecule has 0 bridgehead atoms. The van der Waals surface area contributed by atoms with Crippen LogP contribution in [0.15, 0.2) is 42.5 Å². The molecule has 0 aliphatic heterocycles. The predicted octanol–water partition coefficient (Wildman–Crippen LogP) is 3.05. The molecule has 0 spiro atoms. The molecule has 0 saturated heterocycles. The molecule has 0 saturated carbocycles. The van der Waals surface area contributed by atoms with Gasteiger partial charge in [0.15, 0.2) is 0 Å². The first-order valence-corrected chi connectivity index (χ1v) is 5.52. The number of anilines is 1. The van der Waals surface area contributed by atoms with Crippen LogP contribution >= 0.6 is 0 Å². The molecule has 2 aromatic carbocycles. The number of nitro benzene ring substituents is 1. The molecule has 2 aromatic rings. The minimum atomic E-state index is -0.883. The maximum absolute atomic E-state index is 13.4. The second kappa shape index (κ2) is 5.34. The molecule has 2 rings (SSSR count). The first-order valence-electron chi connectivity index (χ1n) is 5.52. The molecular formula is C13H11FN2O3. The van der Waals surface area contributed by atoms with E-state index in [4.69, 9.17) is 0 Å². The van der Waals surface area contributed by atoms with Crippen LogP contribution in [0.4, 0.5) is 15.8 Å². The number of nitrogens with one attached hydrogen (secondary N) is 1. The van der Waals surface area contributed by atoms with Crippen molar-refractivity contribution in [2.45, 2.75) is 6.54 Å². The number of halogens is 1. The summed E-state index contributed by atoms with van der Waals surface area (Å²) < 4.78 is 13.4. The maximum Gasteiger partial charge on any atom is 0.304 e. The summed E-state index contributed by atoms with van der Waals surface area (Å²) in [6.07, 6.45) is 0. The SMILES string of the molecule is O=[N+]([O-])c1ccc(NCc2cccc(O)c2)cc1F. The molecule has 98 valence electrons. The number of rotatable bonds is 4. The summed E-state index contributed by atoms with van der Waals surface area (Å²) in [7, 11) is 0. The fraction of sp³-hybridized carbons (Fsp3) is 0.0769. The molecule has 19 heavy (non-hydrogen) atoms. The van der Waals surface area contributed by atoms with E-state index in [-0.39, 0.29) is 5.75 Å². The van der Waals surface area contributed by atoms with Crippen LogP contribution in [-0.4, -0.2) is 10.0 Å². The molecule has 0 fully saturated rings. The predicted molar refractivity (Wildman–Crippen MR) is 68.5 cm³/mol. The fourth-order valence-corrected chi connectivity index (χ4v) is 1.64. The molecule has 0 aliphatic carbocycles. The number of nitro groups is 1. The monoisotopic (exact) mass is 262 g/mol. The van der Waals surface area contributed by atoms with E-state index < -0.39 is 16.4 Å². The Hall–Kier alpha value is -2.63. The second-order valence-corrected chi connectivity index (χ2v) is 3.95. The highest BCUT2D eigenvalue weighted by Crippen LogP contribution is 2.21. The van der Waals surface area contributed by atoms with E-state index in [0.29, 0.717) is 12.2 Å². The van der Waals surface area contributed by atoms with Gasteiger partial charge in [-0.15, -0.1) is 0 Å². The zero-order valence-corrected chi connectivity index (χ0v) is 9.84. The van der Waals surface area contributed by atoms with Gasteiger partial charge in [-0.25, -0.2) is 0 Å². The third kappa shape index (κ3) is 3.19. The molecular weight excluding hydrogens is 251 g/mol. The van der Waals surface area contributed by atoms with Crippen molar-refractivity contribution in [2.24, 2.45) is 0 Å². The minimum absolute atomic E-state index is 0.147. The zero-order valence-electron chi connectivity index (χ0n) is 9.84.